The minimum atomic E-state index is -1.24. The molecule has 0 radical (unpaired) electrons. The van der Waals surface area contributed by atoms with Crippen LogP contribution in [0, 0.1) is 6.92 Å². The summed E-state index contributed by atoms with van der Waals surface area (Å²) < 4.78 is 6.68. The Bertz CT molecular complexity index is 401. The van der Waals surface area contributed by atoms with Gasteiger partial charge in [-0.2, -0.15) is 0 Å². The van der Waals surface area contributed by atoms with Crippen molar-refractivity contribution < 1.29 is 19.2 Å². The van der Waals surface area contributed by atoms with E-state index >= 15 is 0 Å². The normalized spacial score (nSPS) is 8.94. The zero-order valence-corrected chi connectivity index (χ0v) is 11.0. The number of aryl methyl sites for hydroxylation is 1. The Balaban J connectivity index is 0.000000557. The molecule has 0 aliphatic rings. The number of halogens is 1. The lowest BCUT2D eigenvalue weighted by molar-refractivity contribution is -0.454. The molecule has 0 saturated heterocycles. The summed E-state index contributed by atoms with van der Waals surface area (Å²) in [6.07, 6.45) is 0. The van der Waals surface area contributed by atoms with Crippen molar-refractivity contribution >= 4 is 24.3 Å². The quantitative estimate of drug-likeness (QED) is 0.593. The fourth-order valence-electron chi connectivity index (χ4n) is 0.911. The molecule has 0 amide bonds. The third-order valence-electron chi connectivity index (χ3n) is 1.48. The summed E-state index contributed by atoms with van der Waals surface area (Å²) >= 11 is 5.70. The molecule has 1 rings (SSSR count). The van der Waals surface area contributed by atoms with Gasteiger partial charge in [0, 0.05) is 5.02 Å². The number of carbonyl (C=O) groups excluding carboxylic acids is 1. The average molecular weight is 258 g/mol. The third-order valence-corrected chi connectivity index (χ3v) is 1.72. The molecular formula is C12H16ClNO3. The molecule has 0 unspecified atom stereocenters. The highest BCUT2D eigenvalue weighted by Gasteiger charge is 1.99. The number of benzene rings is 1. The van der Waals surface area contributed by atoms with Crippen molar-refractivity contribution in [3.05, 3.63) is 28.8 Å². The molecule has 94 valence electrons. The Morgan fingerprint density at radius 1 is 1.53 bits per heavy atom. The summed E-state index contributed by atoms with van der Waals surface area (Å²) in [5, 5.41) is 10.7. The highest BCUT2D eigenvalue weighted by atomic mass is 35.5. The molecule has 17 heavy (non-hydrogen) atoms. The number of carboxylic acids is 1. The van der Waals surface area contributed by atoms with Crippen molar-refractivity contribution in [1.29, 1.82) is 0 Å². The van der Waals surface area contributed by atoms with E-state index in [1.54, 1.807) is 29.7 Å². The molecule has 4 nitrogen and oxygen atoms in total. The first-order valence-corrected chi connectivity index (χ1v) is 5.27. The van der Waals surface area contributed by atoms with Gasteiger partial charge in [-0.15, -0.1) is 0 Å². The Labute approximate surface area is 106 Å². The fourth-order valence-corrected chi connectivity index (χ4v) is 1.14. The van der Waals surface area contributed by atoms with E-state index in [-0.39, 0.29) is 0 Å². The molecular weight excluding hydrogens is 242 g/mol. The van der Waals surface area contributed by atoms with E-state index in [1.807, 2.05) is 14.1 Å². The van der Waals surface area contributed by atoms with E-state index in [1.165, 1.54) is 0 Å². The van der Waals surface area contributed by atoms with Crippen LogP contribution in [0.15, 0.2) is 18.2 Å². The van der Waals surface area contributed by atoms with E-state index in [0.29, 0.717) is 10.8 Å². The van der Waals surface area contributed by atoms with Crippen LogP contribution in [-0.4, -0.2) is 38.0 Å². The SMILES string of the molecule is C=[N+](C)C.Cc1cc(Cl)ccc1OCC(=O)[O-]. The molecule has 0 spiro atoms. The third kappa shape index (κ3) is 8.28. The summed E-state index contributed by atoms with van der Waals surface area (Å²) in [5.74, 6) is -0.733. The van der Waals surface area contributed by atoms with Gasteiger partial charge in [0.1, 0.15) is 33.2 Å². The molecule has 0 aliphatic heterocycles. The van der Waals surface area contributed by atoms with Gasteiger partial charge in [-0.05, 0) is 30.7 Å². The lowest BCUT2D eigenvalue weighted by Crippen LogP contribution is -2.29. The summed E-state index contributed by atoms with van der Waals surface area (Å²) in [7, 11) is 3.78. The number of rotatable bonds is 3. The number of hydrogen-bond acceptors (Lipinski definition) is 3. The second kappa shape index (κ2) is 7.68. The number of carboxylic acid groups (broad SMARTS) is 1. The molecule has 0 aliphatic carbocycles. The van der Waals surface area contributed by atoms with E-state index in [0.717, 1.165) is 5.56 Å². The summed E-state index contributed by atoms with van der Waals surface area (Å²) in [6, 6.07) is 4.96. The van der Waals surface area contributed by atoms with Gasteiger partial charge in [0.05, 0.1) is 5.97 Å². The topological polar surface area (TPSA) is 52.4 Å². The zero-order valence-electron chi connectivity index (χ0n) is 10.2. The first kappa shape index (κ1) is 15.4. The monoisotopic (exact) mass is 257 g/mol. The maximum Gasteiger partial charge on any atom is 0.131 e. The van der Waals surface area contributed by atoms with Gasteiger partial charge in [0.2, 0.25) is 0 Å². The number of ether oxygens (including phenoxy) is 1. The van der Waals surface area contributed by atoms with Gasteiger partial charge in [0.25, 0.3) is 0 Å². The minimum Gasteiger partial charge on any atom is -0.546 e. The van der Waals surface area contributed by atoms with Crippen LogP contribution in [0.4, 0.5) is 0 Å². The maximum atomic E-state index is 10.1. The second-order valence-electron chi connectivity index (χ2n) is 3.65. The highest BCUT2D eigenvalue weighted by Crippen LogP contribution is 2.21. The number of nitrogens with zero attached hydrogens (tertiary/aromatic N) is 1. The second-order valence-corrected chi connectivity index (χ2v) is 4.09. The lowest BCUT2D eigenvalue weighted by atomic mass is 10.2. The first-order chi connectivity index (χ1) is 7.82. The van der Waals surface area contributed by atoms with Crippen molar-refractivity contribution in [2.45, 2.75) is 6.92 Å². The average Bonchev–Trinajstić information content (AvgIpc) is 2.15. The van der Waals surface area contributed by atoms with E-state index in [2.05, 4.69) is 6.72 Å². The Hall–Kier alpha value is -1.55. The minimum absolute atomic E-state index is 0.442. The van der Waals surface area contributed by atoms with Crippen molar-refractivity contribution in [3.8, 4) is 5.75 Å². The van der Waals surface area contributed by atoms with E-state index in [9.17, 15) is 9.90 Å². The molecule has 0 heterocycles. The van der Waals surface area contributed by atoms with Crippen LogP contribution in [0.25, 0.3) is 0 Å². The van der Waals surface area contributed by atoms with Crippen LogP contribution in [-0.2, 0) is 4.79 Å². The highest BCUT2D eigenvalue weighted by molar-refractivity contribution is 6.30. The van der Waals surface area contributed by atoms with E-state index < -0.39 is 12.6 Å². The molecule has 1 aromatic carbocycles. The van der Waals surface area contributed by atoms with Gasteiger partial charge in [-0.25, -0.2) is 4.58 Å². The number of hydrogen-bond donors (Lipinski definition) is 0. The van der Waals surface area contributed by atoms with Crippen LogP contribution in [0.2, 0.25) is 5.02 Å². The van der Waals surface area contributed by atoms with Crippen molar-refractivity contribution in [3.63, 3.8) is 0 Å². The smallest absolute Gasteiger partial charge is 0.131 e. The molecule has 0 saturated carbocycles. The van der Waals surface area contributed by atoms with E-state index in [4.69, 9.17) is 16.3 Å². The van der Waals surface area contributed by atoms with Gasteiger partial charge in [0.15, 0.2) is 0 Å². The maximum absolute atomic E-state index is 10.1. The Morgan fingerprint density at radius 3 is 2.47 bits per heavy atom. The van der Waals surface area contributed by atoms with Crippen molar-refractivity contribution in [2.75, 3.05) is 20.7 Å². The lowest BCUT2D eigenvalue weighted by Gasteiger charge is -2.09. The summed E-state index contributed by atoms with van der Waals surface area (Å²) in [5.41, 5.74) is 0.800. The fraction of sp³-hybridized carbons (Fsp3) is 0.333. The van der Waals surface area contributed by atoms with Crippen LogP contribution in [0.5, 0.6) is 5.75 Å². The predicted octanol–water partition coefficient (Wildman–Crippen LogP) is 0.736. The summed E-state index contributed by atoms with van der Waals surface area (Å²) in [6.45, 7) is 4.82. The number of carbonyl (C=O) groups is 1. The largest absolute Gasteiger partial charge is 0.546 e. The molecule has 0 bridgehead atoms. The standard InChI is InChI=1S/C9H9ClO3.C3H8N/c1-6-4-7(10)2-3-8(6)13-5-9(11)12;1-4(2)3/h2-4H,5H2,1H3,(H,11,12);1H2,2-3H3/q;+1/p-1. The Kier molecular flexibility index (Phi) is 6.98. The molecule has 0 atom stereocenters. The molecule has 0 N–H and O–H groups in total. The number of aliphatic carboxylic acids is 1. The predicted molar refractivity (Wildman–Crippen MR) is 65.9 cm³/mol. The molecule has 0 fully saturated rings. The van der Waals surface area contributed by atoms with Gasteiger partial charge < -0.3 is 14.6 Å². The van der Waals surface area contributed by atoms with Crippen molar-refractivity contribution in [1.82, 2.24) is 0 Å². The van der Waals surface area contributed by atoms with Crippen LogP contribution < -0.4 is 9.84 Å². The molecule has 1 aromatic rings. The Morgan fingerprint density at radius 2 is 2.06 bits per heavy atom. The van der Waals surface area contributed by atoms with Crippen LogP contribution in [0.3, 0.4) is 0 Å². The first-order valence-electron chi connectivity index (χ1n) is 4.89. The van der Waals surface area contributed by atoms with Gasteiger partial charge >= 0.3 is 0 Å². The summed E-state index contributed by atoms with van der Waals surface area (Å²) in [4.78, 5) is 10.1. The van der Waals surface area contributed by atoms with Crippen LogP contribution in [0.1, 0.15) is 5.56 Å². The van der Waals surface area contributed by atoms with Gasteiger partial charge in [-0.3, -0.25) is 0 Å². The molecule has 5 heteroatoms. The molecule has 0 aromatic heterocycles. The van der Waals surface area contributed by atoms with Crippen LogP contribution >= 0.6 is 11.6 Å². The van der Waals surface area contributed by atoms with Gasteiger partial charge in [-0.1, -0.05) is 11.6 Å². The zero-order chi connectivity index (χ0) is 13.4. The van der Waals surface area contributed by atoms with Crippen molar-refractivity contribution in [2.24, 2.45) is 0 Å².